The second-order valence-corrected chi connectivity index (χ2v) is 9.38. The van der Waals surface area contributed by atoms with Crippen LogP contribution in [0.1, 0.15) is 115 Å². The Morgan fingerprint density at radius 3 is 1.72 bits per heavy atom. The molecule has 1 N–H and O–H groups in total. The molecule has 0 spiro atoms. The quantitative estimate of drug-likeness (QED) is 0.154. The summed E-state index contributed by atoms with van der Waals surface area (Å²) in [6.07, 6.45) is 18.3. The zero-order valence-electron chi connectivity index (χ0n) is 24.6. The Morgan fingerprint density at radius 2 is 1.28 bits per heavy atom. The fraction of sp³-hybridized carbons (Fsp3) is 0.724. The first-order valence-electron chi connectivity index (χ1n) is 13.9. The Morgan fingerprint density at radius 1 is 0.846 bits per heavy atom. The minimum atomic E-state index is -2.33. The molecule has 1 rings (SSSR count). The molecule has 1 atom stereocenters. The van der Waals surface area contributed by atoms with Crippen molar-refractivity contribution in [1.29, 1.82) is 5.26 Å². The molecule has 0 saturated heterocycles. The van der Waals surface area contributed by atoms with E-state index in [1.807, 2.05) is 6.07 Å². The van der Waals surface area contributed by atoms with Crippen LogP contribution in [0.15, 0.2) is 18.2 Å². The maximum Gasteiger partial charge on any atom is 1.00 e. The molecule has 212 valence electrons. The number of hydrogen-bond acceptors (Lipinski definition) is 7. The van der Waals surface area contributed by atoms with Gasteiger partial charge in [0.05, 0.1) is 18.2 Å². The van der Waals surface area contributed by atoms with Gasteiger partial charge >= 0.3 is 138 Å². The average Bonchev–Trinajstić information content (AvgIpc) is 2.86. The van der Waals surface area contributed by atoms with Gasteiger partial charge in [-0.15, -0.1) is 0 Å². The van der Waals surface area contributed by atoms with Crippen molar-refractivity contribution in [2.24, 2.45) is 0 Å². The predicted octanol–water partition coefficient (Wildman–Crippen LogP) is -0.724. The van der Waals surface area contributed by atoms with E-state index in [-0.39, 0.29) is 162 Å². The van der Waals surface area contributed by atoms with Crippen LogP contribution >= 0.6 is 0 Å². The summed E-state index contributed by atoms with van der Waals surface area (Å²) in [4.78, 5) is 8.33. The number of carbonyl (C=O) groups is 1. The van der Waals surface area contributed by atoms with Gasteiger partial charge in [-0.3, -0.25) is 0 Å². The second-order valence-electron chi connectivity index (χ2n) is 9.38. The first kappa shape index (κ1) is 45.2. The molecule has 0 heterocycles. The number of ether oxygens (including phenoxy) is 2. The fourth-order valence-electron chi connectivity index (χ4n) is 3.92. The fourth-order valence-corrected chi connectivity index (χ4v) is 3.92. The topological polar surface area (TPSA) is 126 Å². The number of carbonyl (C=O) groups excluding carboxylic acids is 1. The number of nitriles is 1. The summed E-state index contributed by atoms with van der Waals surface area (Å²) in [7, 11) is 0. The summed E-state index contributed by atoms with van der Waals surface area (Å²) >= 11 is 0. The molecule has 0 saturated carbocycles. The molecule has 10 heteroatoms. The molecule has 39 heavy (non-hydrogen) atoms. The van der Waals surface area contributed by atoms with E-state index in [9.17, 15) is 9.50 Å². The van der Waals surface area contributed by atoms with Crippen molar-refractivity contribution in [2.75, 3.05) is 19.8 Å². The van der Waals surface area contributed by atoms with E-state index in [2.05, 4.69) is 6.92 Å². The van der Waals surface area contributed by atoms with Crippen molar-refractivity contribution < 1.29 is 172 Å². The van der Waals surface area contributed by atoms with Crippen molar-refractivity contribution >= 4 is 6.16 Å². The average molecular weight is 789 g/mol. The van der Waals surface area contributed by atoms with E-state index in [0.717, 1.165) is 18.9 Å². The first-order chi connectivity index (χ1) is 17.9. The van der Waals surface area contributed by atoms with E-state index in [1.54, 1.807) is 0 Å². The molecule has 0 aromatic heterocycles. The Labute approximate surface area is 353 Å². The van der Waals surface area contributed by atoms with Gasteiger partial charge in [-0.05, 0) is 24.7 Å². The number of halogens is 1. The van der Waals surface area contributed by atoms with Crippen LogP contribution in [-0.4, -0.2) is 37.2 Å². The van der Waals surface area contributed by atoms with Crippen molar-refractivity contribution in [3.8, 4) is 11.8 Å². The largest absolute Gasteiger partial charge is 1.00 e. The number of rotatable bonds is 22. The number of aliphatic hydroxyl groups is 1. The van der Waals surface area contributed by atoms with Crippen LogP contribution in [0.25, 0.3) is 0 Å². The second kappa shape index (κ2) is 34.2. The maximum atomic E-state index is 13.4. The van der Waals surface area contributed by atoms with E-state index in [0.29, 0.717) is 6.61 Å². The minimum Gasteiger partial charge on any atom is -0.652 e. The monoisotopic (exact) mass is 789 g/mol. The molecule has 0 radical (unpaired) electrons. The van der Waals surface area contributed by atoms with Crippen molar-refractivity contribution in [3.63, 3.8) is 0 Å². The van der Waals surface area contributed by atoms with Crippen LogP contribution < -0.4 is 153 Å². The van der Waals surface area contributed by atoms with E-state index in [1.165, 1.54) is 102 Å². The molecule has 0 aliphatic rings. The van der Waals surface area contributed by atoms with E-state index >= 15 is 0 Å². The molecule has 1 aromatic rings. The summed E-state index contributed by atoms with van der Waals surface area (Å²) in [6.45, 7) is 3.11. The van der Waals surface area contributed by atoms with Crippen LogP contribution in [-0.2, 0) is 4.74 Å². The molecule has 0 aliphatic carbocycles. The molecule has 0 unspecified atom stereocenters. The van der Waals surface area contributed by atoms with Crippen LogP contribution in [0, 0.1) is 17.1 Å². The summed E-state index contributed by atoms with van der Waals surface area (Å²) in [5.41, 5.74) is 0.194. The standard InChI is InChI=1S/C28H46FNO3.CH2O3.2Cs/c1-2-3-4-5-6-7-8-9-10-11-12-13-14-15-16-17-18-32-23-27(31)24-33-28-20-25(22-30)19-26(29)21-28;2-1(3)4;;/h19-21,27,31H,2-18,23-24H2,1H3;(H2,2,3,4);;/q;;2*+1/p-2/t27-;;;/m1.../s1. The van der Waals surface area contributed by atoms with Crippen molar-refractivity contribution in [1.82, 2.24) is 0 Å². The molecular weight excluding hydrogens is 743 g/mol. The summed E-state index contributed by atoms with van der Waals surface area (Å²) < 4.78 is 24.2. The molecule has 7 nitrogen and oxygen atoms in total. The van der Waals surface area contributed by atoms with Crippen LogP contribution in [0.3, 0.4) is 0 Å². The smallest absolute Gasteiger partial charge is 0.652 e. The molecule has 0 amide bonds. The van der Waals surface area contributed by atoms with Crippen LogP contribution in [0.2, 0.25) is 0 Å². The van der Waals surface area contributed by atoms with Gasteiger partial charge in [0, 0.05) is 12.7 Å². The molecular formula is C29H46Cs2FNO6. The van der Waals surface area contributed by atoms with Gasteiger partial charge in [0.15, 0.2) is 0 Å². The third-order valence-electron chi connectivity index (χ3n) is 5.90. The predicted molar refractivity (Wildman–Crippen MR) is 138 cm³/mol. The van der Waals surface area contributed by atoms with E-state index in [4.69, 9.17) is 29.7 Å². The Balaban J connectivity index is -0.00000201. The van der Waals surface area contributed by atoms with Crippen molar-refractivity contribution in [2.45, 2.75) is 116 Å². The Hall–Kier alpha value is 1.73. The van der Waals surface area contributed by atoms with Gasteiger partial charge in [0.2, 0.25) is 0 Å². The molecule has 0 bridgehead atoms. The van der Waals surface area contributed by atoms with Gasteiger partial charge in [0.1, 0.15) is 24.3 Å². The third kappa shape index (κ3) is 34.1. The van der Waals surface area contributed by atoms with Gasteiger partial charge in [-0.2, -0.15) is 5.26 Å². The molecule has 1 aromatic carbocycles. The van der Waals surface area contributed by atoms with Gasteiger partial charge in [-0.1, -0.05) is 103 Å². The number of benzene rings is 1. The SMILES string of the molecule is CCCCCCCCCCCCCCCCCCOC[C@@H](O)COc1cc(F)cc(C#N)c1.O=C([O-])[O-].[Cs+].[Cs+]. The molecule has 0 aliphatic heterocycles. The van der Waals surface area contributed by atoms with Crippen LogP contribution in [0.4, 0.5) is 9.18 Å². The van der Waals surface area contributed by atoms with Crippen molar-refractivity contribution in [3.05, 3.63) is 29.6 Å². The Kier molecular flexibility index (Phi) is 39.6. The summed E-state index contributed by atoms with van der Waals surface area (Å²) in [6, 6.07) is 5.67. The summed E-state index contributed by atoms with van der Waals surface area (Å²) in [5.74, 6) is -0.290. The maximum absolute atomic E-state index is 13.4. The first-order valence-corrected chi connectivity index (χ1v) is 13.9. The van der Waals surface area contributed by atoms with Crippen LogP contribution in [0.5, 0.6) is 5.75 Å². The van der Waals surface area contributed by atoms with E-state index < -0.39 is 18.1 Å². The molecule has 0 fully saturated rings. The summed E-state index contributed by atoms with van der Waals surface area (Å²) in [5, 5.41) is 35.4. The number of nitrogens with zero attached hydrogens (tertiary/aromatic N) is 1. The van der Waals surface area contributed by atoms with Gasteiger partial charge < -0.3 is 29.6 Å². The minimum absolute atomic E-state index is 0. The Bertz CT molecular complexity index is 732. The normalized spacial score (nSPS) is 10.7. The van der Waals surface area contributed by atoms with Gasteiger partial charge in [0.25, 0.3) is 0 Å². The third-order valence-corrected chi connectivity index (χ3v) is 5.90. The zero-order chi connectivity index (χ0) is 27.6. The zero-order valence-corrected chi connectivity index (χ0v) is 37.1. The van der Waals surface area contributed by atoms with Gasteiger partial charge in [-0.25, -0.2) is 4.39 Å². The number of aliphatic hydroxyl groups excluding tert-OH is 1. The number of hydrogen-bond donors (Lipinski definition) is 1. The number of unbranched alkanes of at least 4 members (excludes halogenated alkanes) is 15. The number of carboxylic acid groups (broad SMARTS) is 2.